The largest absolute Gasteiger partial charge is 0.337 e. The van der Waals surface area contributed by atoms with E-state index >= 15 is 0 Å². The topological polar surface area (TPSA) is 44.2 Å². The Balaban J connectivity index is 3.01. The van der Waals surface area contributed by atoms with E-state index in [1.54, 1.807) is 11.9 Å². The molecule has 0 spiro atoms. The fourth-order valence-corrected chi connectivity index (χ4v) is 1.25. The number of hydrogen-bond donors (Lipinski definition) is 1. The first kappa shape index (κ1) is 8.71. The van der Waals surface area contributed by atoms with Crippen LogP contribution in [0.1, 0.15) is 6.92 Å². The summed E-state index contributed by atoms with van der Waals surface area (Å²) >= 11 is 0. The highest BCUT2D eigenvalue weighted by atomic mass is 16.2. The Morgan fingerprint density at radius 2 is 2.25 bits per heavy atom. The molecular weight excluding hydrogens is 152 g/mol. The molecule has 3 nitrogen and oxygen atoms in total. The standard InChI is InChI=1S/C9H12N2O/c1-3-4-7-6-11(2)9(12)8(7)5-10/h3-5,10H,6H2,1-2H3/b4-3-,10-5?. The van der Waals surface area contributed by atoms with Gasteiger partial charge < -0.3 is 10.3 Å². The van der Waals surface area contributed by atoms with Crippen molar-refractivity contribution in [2.75, 3.05) is 13.6 Å². The second kappa shape index (κ2) is 3.34. The van der Waals surface area contributed by atoms with Crippen LogP contribution >= 0.6 is 0 Å². The van der Waals surface area contributed by atoms with E-state index in [1.807, 2.05) is 19.1 Å². The van der Waals surface area contributed by atoms with Gasteiger partial charge in [-0.15, -0.1) is 0 Å². The van der Waals surface area contributed by atoms with Crippen LogP contribution in [-0.2, 0) is 4.79 Å². The van der Waals surface area contributed by atoms with Crippen molar-refractivity contribution in [2.45, 2.75) is 6.92 Å². The predicted molar refractivity (Wildman–Crippen MR) is 48.3 cm³/mol. The van der Waals surface area contributed by atoms with E-state index in [-0.39, 0.29) is 5.91 Å². The van der Waals surface area contributed by atoms with Crippen LogP contribution in [0.15, 0.2) is 23.3 Å². The van der Waals surface area contributed by atoms with Crippen LogP contribution in [0.3, 0.4) is 0 Å². The van der Waals surface area contributed by atoms with Gasteiger partial charge in [-0.3, -0.25) is 4.79 Å². The zero-order valence-corrected chi connectivity index (χ0v) is 7.29. The van der Waals surface area contributed by atoms with Crippen LogP contribution in [0, 0.1) is 5.41 Å². The summed E-state index contributed by atoms with van der Waals surface area (Å²) in [6.07, 6.45) is 4.88. The lowest BCUT2D eigenvalue weighted by molar-refractivity contribution is -0.123. The molecule has 1 aliphatic rings. The summed E-state index contributed by atoms with van der Waals surface area (Å²) in [7, 11) is 1.74. The molecule has 0 saturated heterocycles. The molecule has 0 atom stereocenters. The van der Waals surface area contributed by atoms with Gasteiger partial charge in [0.05, 0.1) is 5.57 Å². The van der Waals surface area contributed by atoms with Crippen LogP contribution in [-0.4, -0.2) is 30.6 Å². The van der Waals surface area contributed by atoms with Crippen molar-refractivity contribution in [1.82, 2.24) is 4.90 Å². The van der Waals surface area contributed by atoms with Gasteiger partial charge in [0.25, 0.3) is 5.91 Å². The lowest BCUT2D eigenvalue weighted by Crippen LogP contribution is -2.21. The van der Waals surface area contributed by atoms with Crippen LogP contribution in [0.25, 0.3) is 0 Å². The van der Waals surface area contributed by atoms with E-state index in [4.69, 9.17) is 5.41 Å². The van der Waals surface area contributed by atoms with Crippen molar-refractivity contribution in [1.29, 1.82) is 5.41 Å². The molecule has 64 valence electrons. The van der Waals surface area contributed by atoms with Crippen LogP contribution in [0.2, 0.25) is 0 Å². The molecule has 1 heterocycles. The molecular formula is C9H12N2O. The number of likely N-dealkylation sites (N-methyl/N-ethyl adjacent to an activating group) is 1. The van der Waals surface area contributed by atoms with Gasteiger partial charge in [0.2, 0.25) is 0 Å². The molecule has 0 aliphatic carbocycles. The lowest BCUT2D eigenvalue weighted by Gasteiger charge is -2.06. The zero-order valence-electron chi connectivity index (χ0n) is 7.29. The molecule has 0 aromatic rings. The third kappa shape index (κ3) is 1.30. The first-order valence-corrected chi connectivity index (χ1v) is 3.82. The van der Waals surface area contributed by atoms with Gasteiger partial charge >= 0.3 is 0 Å². The predicted octanol–water partition coefficient (Wildman–Crippen LogP) is 0.981. The molecule has 1 rings (SSSR count). The summed E-state index contributed by atoms with van der Waals surface area (Å²) in [4.78, 5) is 12.9. The second-order valence-corrected chi connectivity index (χ2v) is 2.74. The number of hydrogen-bond acceptors (Lipinski definition) is 2. The molecule has 1 N–H and O–H groups in total. The molecule has 0 bridgehead atoms. The molecule has 0 radical (unpaired) electrons. The van der Waals surface area contributed by atoms with Crippen molar-refractivity contribution >= 4 is 12.1 Å². The SMILES string of the molecule is C/C=C\C1=C(C=N)C(=O)N(C)C1. The highest BCUT2D eigenvalue weighted by Gasteiger charge is 2.23. The third-order valence-electron chi connectivity index (χ3n) is 1.84. The summed E-state index contributed by atoms with van der Waals surface area (Å²) in [5, 5.41) is 7.06. The minimum atomic E-state index is -0.0573. The first-order chi connectivity index (χ1) is 5.70. The Labute approximate surface area is 71.9 Å². The fraction of sp³-hybridized carbons (Fsp3) is 0.333. The first-order valence-electron chi connectivity index (χ1n) is 3.82. The minimum Gasteiger partial charge on any atom is -0.337 e. The van der Waals surface area contributed by atoms with Crippen LogP contribution in [0.4, 0.5) is 0 Å². The van der Waals surface area contributed by atoms with Gasteiger partial charge in [0.15, 0.2) is 0 Å². The van der Waals surface area contributed by atoms with Gasteiger partial charge in [-0.2, -0.15) is 0 Å². The summed E-state index contributed by atoms with van der Waals surface area (Å²) in [6.45, 7) is 2.52. The Morgan fingerprint density at radius 1 is 1.58 bits per heavy atom. The average molecular weight is 164 g/mol. The normalized spacial score (nSPS) is 18.2. The van der Waals surface area contributed by atoms with E-state index < -0.39 is 0 Å². The van der Waals surface area contributed by atoms with E-state index in [0.717, 1.165) is 11.8 Å². The number of carbonyl (C=O) groups is 1. The number of nitrogens with zero attached hydrogens (tertiary/aromatic N) is 1. The van der Waals surface area contributed by atoms with Gasteiger partial charge in [-0.25, -0.2) is 0 Å². The van der Waals surface area contributed by atoms with Crippen molar-refractivity contribution in [3.63, 3.8) is 0 Å². The molecule has 0 unspecified atom stereocenters. The second-order valence-electron chi connectivity index (χ2n) is 2.74. The highest BCUT2D eigenvalue weighted by molar-refractivity contribution is 6.14. The van der Waals surface area contributed by atoms with E-state index in [0.29, 0.717) is 12.1 Å². The number of carbonyl (C=O) groups excluding carboxylic acids is 1. The molecule has 0 saturated carbocycles. The van der Waals surface area contributed by atoms with E-state index in [2.05, 4.69) is 0 Å². The molecule has 0 aromatic heterocycles. The van der Waals surface area contributed by atoms with Gasteiger partial charge in [-0.05, 0) is 12.5 Å². The van der Waals surface area contributed by atoms with Crippen LogP contribution in [0.5, 0.6) is 0 Å². The Bertz CT molecular complexity index is 276. The van der Waals surface area contributed by atoms with Crippen molar-refractivity contribution in [2.24, 2.45) is 0 Å². The van der Waals surface area contributed by atoms with Gasteiger partial charge in [0, 0.05) is 19.8 Å². The van der Waals surface area contributed by atoms with Crippen molar-refractivity contribution in [3.8, 4) is 0 Å². The molecule has 1 aliphatic heterocycles. The molecule has 3 heteroatoms. The average Bonchev–Trinajstić information content (AvgIpc) is 2.29. The van der Waals surface area contributed by atoms with Crippen molar-refractivity contribution in [3.05, 3.63) is 23.3 Å². The quantitative estimate of drug-likeness (QED) is 0.607. The van der Waals surface area contributed by atoms with E-state index in [9.17, 15) is 4.79 Å². The Hall–Kier alpha value is -1.38. The monoisotopic (exact) mass is 164 g/mol. The summed E-state index contributed by atoms with van der Waals surface area (Å²) in [5.74, 6) is -0.0573. The Morgan fingerprint density at radius 3 is 2.75 bits per heavy atom. The van der Waals surface area contributed by atoms with Crippen molar-refractivity contribution < 1.29 is 4.79 Å². The van der Waals surface area contributed by atoms with E-state index in [1.165, 1.54) is 0 Å². The minimum absolute atomic E-state index is 0.0573. The molecule has 0 fully saturated rings. The smallest absolute Gasteiger partial charge is 0.255 e. The highest BCUT2D eigenvalue weighted by Crippen LogP contribution is 2.16. The number of amides is 1. The maximum Gasteiger partial charge on any atom is 0.255 e. The molecule has 1 amide bonds. The zero-order chi connectivity index (χ0) is 9.14. The number of allylic oxidation sites excluding steroid dienone is 1. The third-order valence-corrected chi connectivity index (χ3v) is 1.84. The molecule has 12 heavy (non-hydrogen) atoms. The lowest BCUT2D eigenvalue weighted by atomic mass is 10.1. The number of nitrogens with one attached hydrogen (secondary N) is 1. The van der Waals surface area contributed by atoms with Gasteiger partial charge in [-0.1, -0.05) is 12.2 Å². The summed E-state index contributed by atoms with van der Waals surface area (Å²) in [6, 6.07) is 0. The summed E-state index contributed by atoms with van der Waals surface area (Å²) < 4.78 is 0. The Kier molecular flexibility index (Phi) is 2.43. The summed E-state index contributed by atoms with van der Waals surface area (Å²) in [5.41, 5.74) is 1.44. The fourth-order valence-electron chi connectivity index (χ4n) is 1.25. The maximum atomic E-state index is 11.3. The number of rotatable bonds is 2. The maximum absolute atomic E-state index is 11.3. The molecule has 0 aromatic carbocycles. The van der Waals surface area contributed by atoms with Crippen LogP contribution < -0.4 is 0 Å². The van der Waals surface area contributed by atoms with Gasteiger partial charge in [0.1, 0.15) is 0 Å².